The molecule has 2 aromatic carbocycles. The monoisotopic (exact) mass is 364 g/mol. The van der Waals surface area contributed by atoms with Crippen LogP contribution in [0.15, 0.2) is 47.0 Å². The third kappa shape index (κ3) is 3.92. The van der Waals surface area contributed by atoms with E-state index < -0.39 is 0 Å². The van der Waals surface area contributed by atoms with Gasteiger partial charge in [-0.15, -0.1) is 0 Å². The van der Waals surface area contributed by atoms with Crippen molar-refractivity contribution in [1.29, 1.82) is 0 Å². The SMILES string of the molecule is COc1cc(C)ccc1-c1noc(-c2cccc(NC(=O)NC3CC3)c2)n1. The lowest BCUT2D eigenvalue weighted by Gasteiger charge is -2.07. The highest BCUT2D eigenvalue weighted by molar-refractivity contribution is 5.90. The minimum Gasteiger partial charge on any atom is -0.496 e. The van der Waals surface area contributed by atoms with Crippen molar-refractivity contribution < 1.29 is 14.1 Å². The fourth-order valence-corrected chi connectivity index (χ4v) is 2.74. The predicted molar refractivity (Wildman–Crippen MR) is 102 cm³/mol. The van der Waals surface area contributed by atoms with Gasteiger partial charge < -0.3 is 19.9 Å². The van der Waals surface area contributed by atoms with Crippen molar-refractivity contribution in [2.24, 2.45) is 0 Å². The molecule has 0 bridgehead atoms. The van der Waals surface area contributed by atoms with Crippen LogP contribution in [0.25, 0.3) is 22.8 Å². The number of nitrogens with one attached hydrogen (secondary N) is 2. The molecule has 138 valence electrons. The molecule has 1 aliphatic rings. The van der Waals surface area contributed by atoms with Gasteiger partial charge in [-0.1, -0.05) is 17.3 Å². The number of hydrogen-bond donors (Lipinski definition) is 2. The van der Waals surface area contributed by atoms with Gasteiger partial charge in [-0.2, -0.15) is 4.98 Å². The molecule has 2 N–H and O–H groups in total. The zero-order valence-corrected chi connectivity index (χ0v) is 15.2. The Morgan fingerprint density at radius 2 is 2.07 bits per heavy atom. The fourth-order valence-electron chi connectivity index (χ4n) is 2.74. The summed E-state index contributed by atoms with van der Waals surface area (Å²) in [7, 11) is 1.61. The van der Waals surface area contributed by atoms with Crippen molar-refractivity contribution in [2.45, 2.75) is 25.8 Å². The highest BCUT2D eigenvalue weighted by atomic mass is 16.5. The van der Waals surface area contributed by atoms with Crippen molar-refractivity contribution in [1.82, 2.24) is 15.5 Å². The summed E-state index contributed by atoms with van der Waals surface area (Å²) in [6.07, 6.45) is 2.08. The van der Waals surface area contributed by atoms with Gasteiger partial charge in [0.2, 0.25) is 5.82 Å². The van der Waals surface area contributed by atoms with E-state index in [2.05, 4.69) is 20.8 Å². The Labute approximate surface area is 156 Å². The lowest BCUT2D eigenvalue weighted by atomic mass is 10.1. The van der Waals surface area contributed by atoms with Crippen LogP contribution in [0.3, 0.4) is 0 Å². The molecular weight excluding hydrogens is 344 g/mol. The van der Waals surface area contributed by atoms with Gasteiger partial charge in [-0.05, 0) is 55.7 Å². The van der Waals surface area contributed by atoms with E-state index >= 15 is 0 Å². The highest BCUT2D eigenvalue weighted by Crippen LogP contribution is 2.31. The third-order valence-corrected chi connectivity index (χ3v) is 4.30. The van der Waals surface area contributed by atoms with E-state index in [0.29, 0.717) is 29.2 Å². The Balaban J connectivity index is 1.56. The van der Waals surface area contributed by atoms with E-state index in [9.17, 15) is 4.79 Å². The number of hydrogen-bond acceptors (Lipinski definition) is 5. The van der Waals surface area contributed by atoms with E-state index in [0.717, 1.165) is 29.5 Å². The first-order chi connectivity index (χ1) is 13.1. The fraction of sp³-hybridized carbons (Fsp3) is 0.250. The summed E-state index contributed by atoms with van der Waals surface area (Å²) in [5, 5.41) is 9.79. The first kappa shape index (κ1) is 17.1. The molecular formula is C20H20N4O3. The molecule has 1 heterocycles. The maximum atomic E-state index is 11.9. The Kier molecular flexibility index (Phi) is 4.50. The van der Waals surface area contributed by atoms with Crippen LogP contribution in [0.2, 0.25) is 0 Å². The van der Waals surface area contributed by atoms with E-state index in [4.69, 9.17) is 9.26 Å². The van der Waals surface area contributed by atoms with Gasteiger partial charge in [0, 0.05) is 17.3 Å². The largest absolute Gasteiger partial charge is 0.496 e. The molecule has 0 unspecified atom stereocenters. The van der Waals surface area contributed by atoms with E-state index in [1.165, 1.54) is 0 Å². The van der Waals surface area contributed by atoms with Gasteiger partial charge >= 0.3 is 6.03 Å². The second-order valence-corrected chi connectivity index (χ2v) is 6.58. The number of aromatic nitrogens is 2. The van der Waals surface area contributed by atoms with Crippen LogP contribution < -0.4 is 15.4 Å². The van der Waals surface area contributed by atoms with Crippen LogP contribution in [0.5, 0.6) is 5.75 Å². The number of rotatable bonds is 5. The van der Waals surface area contributed by atoms with Crippen LogP contribution in [-0.4, -0.2) is 29.3 Å². The molecule has 1 aromatic heterocycles. The second kappa shape index (κ2) is 7.11. The van der Waals surface area contributed by atoms with Crippen LogP contribution in [0.1, 0.15) is 18.4 Å². The average Bonchev–Trinajstić information content (AvgIpc) is 3.33. The Morgan fingerprint density at radius 1 is 1.22 bits per heavy atom. The summed E-state index contributed by atoms with van der Waals surface area (Å²) in [6.45, 7) is 1.99. The van der Waals surface area contributed by atoms with Crippen molar-refractivity contribution in [3.05, 3.63) is 48.0 Å². The smallest absolute Gasteiger partial charge is 0.319 e. The van der Waals surface area contributed by atoms with Crippen LogP contribution in [-0.2, 0) is 0 Å². The molecule has 0 radical (unpaired) electrons. The van der Waals surface area contributed by atoms with Gasteiger partial charge in [0.15, 0.2) is 0 Å². The number of benzene rings is 2. The summed E-state index contributed by atoms with van der Waals surface area (Å²) < 4.78 is 10.8. The predicted octanol–water partition coefficient (Wildman–Crippen LogP) is 4.00. The molecule has 0 saturated heterocycles. The minimum atomic E-state index is -0.203. The number of anilines is 1. The number of nitrogens with zero attached hydrogens (tertiary/aromatic N) is 2. The molecule has 7 heteroatoms. The Bertz CT molecular complexity index is 979. The normalized spacial score (nSPS) is 13.3. The third-order valence-electron chi connectivity index (χ3n) is 4.30. The Morgan fingerprint density at radius 3 is 2.85 bits per heavy atom. The number of ether oxygens (including phenoxy) is 1. The summed E-state index contributed by atoms with van der Waals surface area (Å²) >= 11 is 0. The standard InChI is InChI=1S/C20H20N4O3/c1-12-6-9-16(17(10-12)26-2)18-23-19(27-24-18)13-4-3-5-15(11-13)22-20(25)21-14-7-8-14/h3-6,9-11,14H,7-8H2,1-2H3,(H2,21,22,25). The van der Waals surface area contributed by atoms with Crippen molar-refractivity contribution in [2.75, 3.05) is 12.4 Å². The van der Waals surface area contributed by atoms with Crippen molar-refractivity contribution in [3.8, 4) is 28.6 Å². The maximum Gasteiger partial charge on any atom is 0.319 e. The molecule has 0 atom stereocenters. The molecule has 4 rings (SSSR count). The van der Waals surface area contributed by atoms with Gasteiger partial charge in [0.1, 0.15) is 5.75 Å². The van der Waals surface area contributed by atoms with Gasteiger partial charge in [-0.3, -0.25) is 0 Å². The van der Waals surface area contributed by atoms with Gasteiger partial charge in [0.05, 0.1) is 12.7 Å². The summed E-state index contributed by atoms with van der Waals surface area (Å²) in [5.74, 6) is 1.51. The topological polar surface area (TPSA) is 89.3 Å². The molecule has 3 aromatic rings. The Hall–Kier alpha value is -3.35. The molecule has 0 aliphatic heterocycles. The molecule has 27 heavy (non-hydrogen) atoms. The first-order valence-corrected chi connectivity index (χ1v) is 8.79. The lowest BCUT2D eigenvalue weighted by Crippen LogP contribution is -2.30. The van der Waals surface area contributed by atoms with E-state index in [1.807, 2.05) is 43.3 Å². The van der Waals surface area contributed by atoms with Crippen LogP contribution >= 0.6 is 0 Å². The second-order valence-electron chi connectivity index (χ2n) is 6.58. The maximum absolute atomic E-state index is 11.9. The first-order valence-electron chi connectivity index (χ1n) is 8.79. The molecule has 1 saturated carbocycles. The number of methoxy groups -OCH3 is 1. The van der Waals surface area contributed by atoms with Crippen LogP contribution in [0, 0.1) is 6.92 Å². The molecule has 2 amide bonds. The number of carbonyl (C=O) groups excluding carboxylic acids is 1. The zero-order valence-electron chi connectivity index (χ0n) is 15.2. The summed E-state index contributed by atoms with van der Waals surface area (Å²) in [6, 6.07) is 13.2. The number of carbonyl (C=O) groups is 1. The number of urea groups is 1. The minimum absolute atomic E-state index is 0.203. The lowest BCUT2D eigenvalue weighted by molar-refractivity contribution is 0.251. The van der Waals surface area contributed by atoms with Crippen molar-refractivity contribution >= 4 is 11.7 Å². The van der Waals surface area contributed by atoms with Gasteiger partial charge in [0.25, 0.3) is 5.89 Å². The molecule has 1 fully saturated rings. The highest BCUT2D eigenvalue weighted by Gasteiger charge is 2.23. The number of aryl methyl sites for hydroxylation is 1. The summed E-state index contributed by atoms with van der Waals surface area (Å²) in [4.78, 5) is 16.4. The average molecular weight is 364 g/mol. The van der Waals surface area contributed by atoms with Gasteiger partial charge in [-0.25, -0.2) is 4.79 Å². The quantitative estimate of drug-likeness (QED) is 0.714. The summed E-state index contributed by atoms with van der Waals surface area (Å²) in [5.41, 5.74) is 3.24. The zero-order chi connectivity index (χ0) is 18.8. The molecule has 1 aliphatic carbocycles. The van der Waals surface area contributed by atoms with Crippen LogP contribution in [0.4, 0.5) is 10.5 Å². The van der Waals surface area contributed by atoms with Crippen molar-refractivity contribution in [3.63, 3.8) is 0 Å². The molecule has 0 spiro atoms. The van der Waals surface area contributed by atoms with E-state index in [1.54, 1.807) is 13.2 Å². The number of amides is 2. The molecule has 7 nitrogen and oxygen atoms in total. The van der Waals surface area contributed by atoms with E-state index in [-0.39, 0.29) is 6.03 Å².